The lowest BCUT2D eigenvalue weighted by molar-refractivity contribution is -0.133. The van der Waals surface area contributed by atoms with Crippen LogP contribution >= 0.6 is 12.2 Å². The molecular weight excluding hydrogens is 236 g/mol. The van der Waals surface area contributed by atoms with E-state index < -0.39 is 5.41 Å². The van der Waals surface area contributed by atoms with Gasteiger partial charge in [0.05, 0.1) is 16.5 Å². The van der Waals surface area contributed by atoms with E-state index in [1.165, 1.54) is 0 Å². The second-order valence-electron chi connectivity index (χ2n) is 4.94. The highest BCUT2D eigenvalue weighted by Gasteiger charge is 2.50. The molecule has 0 heterocycles. The summed E-state index contributed by atoms with van der Waals surface area (Å²) >= 11 is 5.03. The maximum Gasteiger partial charge on any atom is 0.233 e. The quantitative estimate of drug-likeness (QED) is 0.703. The molecule has 4 nitrogen and oxygen atoms in total. The smallest absolute Gasteiger partial charge is 0.233 e. The van der Waals surface area contributed by atoms with Crippen molar-refractivity contribution in [2.45, 2.75) is 39.7 Å². The maximum absolute atomic E-state index is 12.1. The summed E-state index contributed by atoms with van der Waals surface area (Å²) in [6.07, 6.45) is 1.54. The first-order chi connectivity index (χ1) is 7.92. The lowest BCUT2D eigenvalue weighted by Gasteiger charge is -2.44. The van der Waals surface area contributed by atoms with E-state index in [0.29, 0.717) is 24.1 Å². The van der Waals surface area contributed by atoms with E-state index in [4.69, 9.17) is 22.7 Å². The van der Waals surface area contributed by atoms with Crippen LogP contribution in [0.5, 0.6) is 0 Å². The van der Waals surface area contributed by atoms with E-state index in [2.05, 4.69) is 12.2 Å². The van der Waals surface area contributed by atoms with Gasteiger partial charge in [-0.2, -0.15) is 0 Å². The Morgan fingerprint density at radius 3 is 2.65 bits per heavy atom. The molecule has 98 valence electrons. The van der Waals surface area contributed by atoms with Crippen molar-refractivity contribution in [1.82, 2.24) is 5.32 Å². The van der Waals surface area contributed by atoms with Crippen molar-refractivity contribution in [3.63, 3.8) is 0 Å². The molecule has 1 amide bonds. The standard InChI is InChI=1S/C12H22N2O2S/c1-4-16-9(3)7-14-11(15)12(10(13)17)5-8(2)6-12/h8-9H,4-7H2,1-3H3,(H2,13,17)(H,14,15). The molecule has 1 saturated carbocycles. The Kier molecular flexibility index (Phi) is 4.89. The van der Waals surface area contributed by atoms with Gasteiger partial charge in [-0.25, -0.2) is 0 Å². The first-order valence-electron chi connectivity index (χ1n) is 6.12. The van der Waals surface area contributed by atoms with E-state index in [-0.39, 0.29) is 12.0 Å². The normalized spacial score (nSPS) is 29.2. The summed E-state index contributed by atoms with van der Waals surface area (Å²) in [7, 11) is 0. The van der Waals surface area contributed by atoms with Crippen LogP contribution in [0.25, 0.3) is 0 Å². The van der Waals surface area contributed by atoms with Crippen LogP contribution in [0.1, 0.15) is 33.6 Å². The number of hydrogen-bond donors (Lipinski definition) is 2. The summed E-state index contributed by atoms with van der Waals surface area (Å²) < 4.78 is 5.36. The number of thiocarbonyl (C=S) groups is 1. The summed E-state index contributed by atoms with van der Waals surface area (Å²) in [6, 6.07) is 0. The van der Waals surface area contributed by atoms with Crippen molar-refractivity contribution in [2.75, 3.05) is 13.2 Å². The Balaban J connectivity index is 2.48. The van der Waals surface area contributed by atoms with Crippen LogP contribution in [-0.2, 0) is 9.53 Å². The molecule has 1 aliphatic rings. The topological polar surface area (TPSA) is 64.3 Å². The molecule has 17 heavy (non-hydrogen) atoms. The molecule has 1 aliphatic carbocycles. The van der Waals surface area contributed by atoms with Crippen LogP contribution in [0.3, 0.4) is 0 Å². The van der Waals surface area contributed by atoms with Crippen LogP contribution in [0.15, 0.2) is 0 Å². The molecule has 0 saturated heterocycles. The molecule has 1 atom stereocenters. The van der Waals surface area contributed by atoms with Gasteiger partial charge in [0.1, 0.15) is 0 Å². The van der Waals surface area contributed by atoms with Crippen LogP contribution in [0.4, 0.5) is 0 Å². The van der Waals surface area contributed by atoms with E-state index in [1.807, 2.05) is 13.8 Å². The highest BCUT2D eigenvalue weighted by Crippen LogP contribution is 2.45. The largest absolute Gasteiger partial charge is 0.392 e. The fraction of sp³-hybridized carbons (Fsp3) is 0.833. The van der Waals surface area contributed by atoms with Gasteiger partial charge in [-0.3, -0.25) is 4.79 Å². The molecular formula is C12H22N2O2S. The van der Waals surface area contributed by atoms with Crippen molar-refractivity contribution in [3.05, 3.63) is 0 Å². The van der Waals surface area contributed by atoms with E-state index in [1.54, 1.807) is 0 Å². The van der Waals surface area contributed by atoms with Gasteiger partial charge in [0.25, 0.3) is 0 Å². The van der Waals surface area contributed by atoms with Gasteiger partial charge >= 0.3 is 0 Å². The molecule has 1 rings (SSSR count). The van der Waals surface area contributed by atoms with E-state index in [9.17, 15) is 4.79 Å². The number of amides is 1. The third kappa shape index (κ3) is 3.16. The van der Waals surface area contributed by atoms with Crippen molar-refractivity contribution in [2.24, 2.45) is 17.1 Å². The summed E-state index contributed by atoms with van der Waals surface area (Å²) in [6.45, 7) is 7.12. The zero-order valence-electron chi connectivity index (χ0n) is 10.8. The molecule has 0 radical (unpaired) electrons. The Morgan fingerprint density at radius 2 is 2.24 bits per heavy atom. The second kappa shape index (κ2) is 5.78. The minimum Gasteiger partial charge on any atom is -0.392 e. The maximum atomic E-state index is 12.1. The van der Waals surface area contributed by atoms with Crippen LogP contribution in [0, 0.1) is 11.3 Å². The first-order valence-corrected chi connectivity index (χ1v) is 6.53. The number of carbonyl (C=O) groups excluding carboxylic acids is 1. The zero-order valence-corrected chi connectivity index (χ0v) is 11.6. The molecule has 3 N–H and O–H groups in total. The van der Waals surface area contributed by atoms with Crippen LogP contribution in [0.2, 0.25) is 0 Å². The Bertz CT molecular complexity index is 301. The number of nitrogens with one attached hydrogen (secondary N) is 1. The van der Waals surface area contributed by atoms with E-state index in [0.717, 1.165) is 12.8 Å². The summed E-state index contributed by atoms with van der Waals surface area (Å²) in [5.74, 6) is 0.473. The third-order valence-corrected chi connectivity index (χ3v) is 3.69. The Morgan fingerprint density at radius 1 is 1.65 bits per heavy atom. The number of carbonyl (C=O) groups is 1. The molecule has 0 aromatic carbocycles. The molecule has 1 unspecified atom stereocenters. The summed E-state index contributed by atoms with van der Waals surface area (Å²) in [5.41, 5.74) is 5.09. The van der Waals surface area contributed by atoms with E-state index >= 15 is 0 Å². The highest BCUT2D eigenvalue weighted by atomic mass is 32.1. The molecule has 5 heteroatoms. The average molecular weight is 258 g/mol. The Hall–Kier alpha value is -0.680. The Labute approximate surface area is 108 Å². The van der Waals surface area contributed by atoms with Gasteiger partial charge in [-0.1, -0.05) is 19.1 Å². The van der Waals surface area contributed by atoms with Crippen molar-refractivity contribution in [3.8, 4) is 0 Å². The minimum atomic E-state index is -0.610. The van der Waals surface area contributed by atoms with Gasteiger partial charge < -0.3 is 15.8 Å². The van der Waals surface area contributed by atoms with Crippen molar-refractivity contribution < 1.29 is 9.53 Å². The van der Waals surface area contributed by atoms with Crippen LogP contribution in [-0.4, -0.2) is 30.2 Å². The first kappa shape index (κ1) is 14.4. The number of rotatable bonds is 6. The summed E-state index contributed by atoms with van der Waals surface area (Å²) in [5, 5.41) is 2.88. The lowest BCUT2D eigenvalue weighted by Crippen LogP contribution is -2.56. The fourth-order valence-corrected chi connectivity index (χ4v) is 2.64. The fourth-order valence-electron chi connectivity index (χ4n) is 2.38. The molecule has 0 aromatic heterocycles. The molecule has 1 fully saturated rings. The van der Waals surface area contributed by atoms with Crippen molar-refractivity contribution in [1.29, 1.82) is 0 Å². The monoisotopic (exact) mass is 258 g/mol. The predicted molar refractivity (Wildman–Crippen MR) is 71.7 cm³/mol. The highest BCUT2D eigenvalue weighted by molar-refractivity contribution is 7.80. The van der Waals surface area contributed by atoms with Gasteiger partial charge in [-0.15, -0.1) is 0 Å². The average Bonchev–Trinajstić information content (AvgIpc) is 2.21. The SMILES string of the molecule is CCOC(C)CNC(=O)C1(C(N)=S)CC(C)C1. The van der Waals surface area contributed by atoms with Crippen molar-refractivity contribution >= 4 is 23.1 Å². The number of hydrogen-bond acceptors (Lipinski definition) is 3. The number of nitrogens with two attached hydrogens (primary N) is 1. The van der Waals surface area contributed by atoms with Gasteiger partial charge in [0.2, 0.25) is 5.91 Å². The number of ether oxygens (including phenoxy) is 1. The molecule has 0 aliphatic heterocycles. The van der Waals surface area contributed by atoms with Gasteiger partial charge in [-0.05, 0) is 32.6 Å². The zero-order chi connectivity index (χ0) is 13.1. The second-order valence-corrected chi connectivity index (χ2v) is 5.38. The molecule has 0 aromatic rings. The molecule has 0 spiro atoms. The lowest BCUT2D eigenvalue weighted by atomic mass is 9.62. The third-order valence-electron chi connectivity index (χ3n) is 3.30. The van der Waals surface area contributed by atoms with Crippen LogP contribution < -0.4 is 11.1 Å². The summed E-state index contributed by atoms with van der Waals surface area (Å²) in [4.78, 5) is 12.4. The minimum absolute atomic E-state index is 0.0184. The predicted octanol–water partition coefficient (Wildman–Crippen LogP) is 1.23. The molecule has 0 bridgehead atoms. The van der Waals surface area contributed by atoms with Gasteiger partial charge in [0.15, 0.2) is 0 Å². The van der Waals surface area contributed by atoms with Gasteiger partial charge in [0, 0.05) is 13.2 Å².